The first-order chi connectivity index (χ1) is 9.47. The van der Waals surface area contributed by atoms with E-state index >= 15 is 0 Å². The summed E-state index contributed by atoms with van der Waals surface area (Å²) in [5.41, 5.74) is 0. The molecule has 5 nitrogen and oxygen atoms in total. The molecule has 0 radical (unpaired) electrons. The lowest BCUT2D eigenvalue weighted by atomic mass is 10.0. The first-order valence-corrected chi connectivity index (χ1v) is 9.34. The van der Waals surface area contributed by atoms with Crippen LogP contribution >= 0.6 is 0 Å². The van der Waals surface area contributed by atoms with Gasteiger partial charge in [-0.25, -0.2) is 8.42 Å². The van der Waals surface area contributed by atoms with E-state index in [1.54, 1.807) is 21.0 Å². The first-order valence-electron chi connectivity index (χ1n) is 7.62. The number of nitrogens with one attached hydrogen (secondary N) is 1. The van der Waals surface area contributed by atoms with Crippen LogP contribution < -0.4 is 5.32 Å². The molecule has 0 spiro atoms. The Morgan fingerprint density at radius 2 is 2.10 bits per heavy atom. The third-order valence-corrected chi connectivity index (χ3v) is 6.18. The van der Waals surface area contributed by atoms with Crippen LogP contribution in [0.5, 0.6) is 0 Å². The van der Waals surface area contributed by atoms with E-state index in [1.165, 1.54) is 12.8 Å². The summed E-state index contributed by atoms with van der Waals surface area (Å²) in [6.45, 7) is 7.69. The molecule has 1 fully saturated rings. The maximum Gasteiger partial charge on any atom is 0.153 e. The van der Waals surface area contributed by atoms with Gasteiger partial charge in [-0.1, -0.05) is 6.42 Å². The lowest BCUT2D eigenvalue weighted by Gasteiger charge is -2.36. The fourth-order valence-electron chi connectivity index (χ4n) is 2.51. The largest absolute Gasteiger partial charge is 0.383 e. The van der Waals surface area contributed by atoms with Crippen LogP contribution in [0.4, 0.5) is 0 Å². The molecule has 0 aromatic heterocycles. The summed E-state index contributed by atoms with van der Waals surface area (Å²) < 4.78 is 28.9. The average Bonchev–Trinajstić information content (AvgIpc) is 2.42. The quantitative estimate of drug-likeness (QED) is 0.641. The van der Waals surface area contributed by atoms with E-state index in [4.69, 9.17) is 4.74 Å². The van der Waals surface area contributed by atoms with E-state index < -0.39 is 9.84 Å². The summed E-state index contributed by atoms with van der Waals surface area (Å²) in [6, 6.07) is 0.461. The van der Waals surface area contributed by atoms with Crippen LogP contribution in [0.1, 0.15) is 33.1 Å². The minimum absolute atomic E-state index is 0.273. The van der Waals surface area contributed by atoms with E-state index in [1.807, 2.05) is 0 Å². The minimum atomic E-state index is -2.93. The predicted octanol–water partition coefficient (Wildman–Crippen LogP) is 0.900. The summed E-state index contributed by atoms with van der Waals surface area (Å²) in [5, 5.41) is 3.12. The third kappa shape index (κ3) is 6.08. The molecular weight excluding hydrogens is 276 g/mol. The predicted molar refractivity (Wildman–Crippen MR) is 82.9 cm³/mol. The molecule has 1 heterocycles. The summed E-state index contributed by atoms with van der Waals surface area (Å²) in [4.78, 5) is 2.34. The molecule has 0 aliphatic carbocycles. The van der Waals surface area contributed by atoms with Gasteiger partial charge in [0, 0.05) is 32.8 Å². The number of methoxy groups -OCH3 is 1. The Bertz CT molecular complexity index is 357. The zero-order valence-electron chi connectivity index (χ0n) is 13.1. The van der Waals surface area contributed by atoms with E-state index in [2.05, 4.69) is 10.2 Å². The van der Waals surface area contributed by atoms with Crippen LogP contribution in [-0.4, -0.2) is 70.3 Å². The van der Waals surface area contributed by atoms with Gasteiger partial charge in [0.25, 0.3) is 0 Å². The standard InChI is InChI=1S/C14H30N2O3S/c1-13(2)20(17,18)11-9-16-8-5-4-6-14(16)12-15-7-10-19-3/h13-15H,4-12H2,1-3H3. The van der Waals surface area contributed by atoms with Crippen LogP contribution in [0.15, 0.2) is 0 Å². The number of likely N-dealkylation sites (tertiary alicyclic amines) is 1. The van der Waals surface area contributed by atoms with Gasteiger partial charge in [-0.05, 0) is 33.2 Å². The van der Waals surface area contributed by atoms with Crippen molar-refractivity contribution in [3.05, 3.63) is 0 Å². The summed E-state index contributed by atoms with van der Waals surface area (Å²) >= 11 is 0. The first kappa shape index (κ1) is 17.9. The van der Waals surface area contributed by atoms with Crippen molar-refractivity contribution >= 4 is 9.84 Å². The van der Waals surface area contributed by atoms with E-state index in [0.717, 1.165) is 26.1 Å². The highest BCUT2D eigenvalue weighted by Gasteiger charge is 2.24. The zero-order chi connectivity index (χ0) is 15.0. The molecule has 0 bridgehead atoms. The van der Waals surface area contributed by atoms with Gasteiger partial charge in [-0.3, -0.25) is 4.90 Å². The zero-order valence-corrected chi connectivity index (χ0v) is 13.9. The van der Waals surface area contributed by atoms with Gasteiger partial charge >= 0.3 is 0 Å². The number of rotatable bonds is 9. The molecule has 1 N–H and O–H groups in total. The maximum absolute atomic E-state index is 11.9. The Labute approximate surface area is 124 Å². The smallest absolute Gasteiger partial charge is 0.153 e. The van der Waals surface area contributed by atoms with E-state index in [-0.39, 0.29) is 11.0 Å². The number of hydrogen-bond donors (Lipinski definition) is 1. The second kappa shape index (κ2) is 8.97. The molecule has 1 saturated heterocycles. The van der Waals surface area contributed by atoms with Crippen LogP contribution in [0, 0.1) is 0 Å². The van der Waals surface area contributed by atoms with Crippen molar-refractivity contribution in [3.63, 3.8) is 0 Å². The topological polar surface area (TPSA) is 58.6 Å². The third-order valence-electron chi connectivity index (χ3n) is 3.99. The van der Waals surface area contributed by atoms with Gasteiger partial charge in [0.2, 0.25) is 0 Å². The maximum atomic E-state index is 11.9. The highest BCUT2D eigenvalue weighted by atomic mass is 32.2. The fourth-order valence-corrected chi connectivity index (χ4v) is 3.47. The molecule has 20 heavy (non-hydrogen) atoms. The molecule has 1 aliphatic rings. The SMILES string of the molecule is COCCNCC1CCCCN1CCS(=O)(=O)C(C)C. The van der Waals surface area contributed by atoms with E-state index in [0.29, 0.717) is 19.2 Å². The molecule has 1 atom stereocenters. The van der Waals surface area contributed by atoms with Crippen molar-refractivity contribution in [1.82, 2.24) is 10.2 Å². The van der Waals surface area contributed by atoms with Crippen LogP contribution in [0.3, 0.4) is 0 Å². The normalized spacial score (nSPS) is 21.5. The summed E-state index contributed by atoms with van der Waals surface area (Å²) in [7, 11) is -1.23. The highest BCUT2D eigenvalue weighted by Crippen LogP contribution is 2.16. The van der Waals surface area contributed by atoms with Crippen molar-refractivity contribution in [2.45, 2.75) is 44.4 Å². The van der Waals surface area contributed by atoms with Crippen LogP contribution in [0.25, 0.3) is 0 Å². The van der Waals surface area contributed by atoms with Gasteiger partial charge in [0.1, 0.15) is 0 Å². The van der Waals surface area contributed by atoms with Gasteiger partial charge in [0.05, 0.1) is 17.6 Å². The lowest BCUT2D eigenvalue weighted by Crippen LogP contribution is -2.47. The summed E-state index contributed by atoms with van der Waals surface area (Å²) in [5.74, 6) is 0.277. The number of hydrogen-bond acceptors (Lipinski definition) is 5. The Kier molecular flexibility index (Phi) is 8.02. The molecule has 1 rings (SSSR count). The van der Waals surface area contributed by atoms with Crippen molar-refractivity contribution < 1.29 is 13.2 Å². The van der Waals surface area contributed by atoms with Crippen molar-refractivity contribution in [1.29, 1.82) is 0 Å². The molecule has 6 heteroatoms. The monoisotopic (exact) mass is 306 g/mol. The molecule has 0 amide bonds. The Balaban J connectivity index is 2.40. The second-order valence-electron chi connectivity index (χ2n) is 5.80. The highest BCUT2D eigenvalue weighted by molar-refractivity contribution is 7.92. The van der Waals surface area contributed by atoms with Gasteiger partial charge < -0.3 is 10.1 Å². The van der Waals surface area contributed by atoms with Crippen LogP contribution in [-0.2, 0) is 14.6 Å². The molecule has 1 aliphatic heterocycles. The number of sulfone groups is 1. The van der Waals surface area contributed by atoms with Crippen molar-refractivity contribution in [3.8, 4) is 0 Å². The average molecular weight is 306 g/mol. The number of piperidine rings is 1. The summed E-state index contributed by atoms with van der Waals surface area (Å²) in [6.07, 6.45) is 3.57. The molecular formula is C14H30N2O3S. The van der Waals surface area contributed by atoms with Crippen LogP contribution in [0.2, 0.25) is 0 Å². The molecule has 0 aromatic rings. The Hall–Kier alpha value is -0.170. The minimum Gasteiger partial charge on any atom is -0.383 e. The van der Waals surface area contributed by atoms with Gasteiger partial charge in [-0.2, -0.15) is 0 Å². The molecule has 0 aromatic carbocycles. The molecule has 120 valence electrons. The fraction of sp³-hybridized carbons (Fsp3) is 1.00. The lowest BCUT2D eigenvalue weighted by molar-refractivity contribution is 0.147. The van der Waals surface area contributed by atoms with Crippen molar-refractivity contribution in [2.75, 3.05) is 45.6 Å². The van der Waals surface area contributed by atoms with E-state index in [9.17, 15) is 8.42 Å². The Morgan fingerprint density at radius 1 is 1.35 bits per heavy atom. The van der Waals surface area contributed by atoms with Gasteiger partial charge in [0.15, 0.2) is 9.84 Å². The molecule has 0 saturated carbocycles. The second-order valence-corrected chi connectivity index (χ2v) is 8.48. The van der Waals surface area contributed by atoms with Gasteiger partial charge in [-0.15, -0.1) is 0 Å². The Morgan fingerprint density at radius 3 is 2.75 bits per heavy atom. The number of ether oxygens (including phenoxy) is 1. The molecule has 1 unspecified atom stereocenters. The number of nitrogens with zero attached hydrogens (tertiary/aromatic N) is 1. The van der Waals surface area contributed by atoms with Crippen molar-refractivity contribution in [2.24, 2.45) is 0 Å².